The van der Waals surface area contributed by atoms with E-state index in [1.807, 2.05) is 0 Å². The minimum absolute atomic E-state index is 0.355. The highest BCUT2D eigenvalue weighted by atomic mass is 16.5. The van der Waals surface area contributed by atoms with E-state index in [0.717, 1.165) is 18.8 Å². The molecule has 1 aromatic carbocycles. The van der Waals surface area contributed by atoms with Crippen LogP contribution in [0, 0.1) is 12.3 Å². The van der Waals surface area contributed by atoms with Crippen molar-refractivity contribution >= 4 is 0 Å². The second-order valence-corrected chi connectivity index (χ2v) is 6.60. The van der Waals surface area contributed by atoms with Crippen LogP contribution < -0.4 is 10.1 Å². The van der Waals surface area contributed by atoms with Crippen LogP contribution in [0.25, 0.3) is 0 Å². The van der Waals surface area contributed by atoms with Gasteiger partial charge in [0.2, 0.25) is 0 Å². The van der Waals surface area contributed by atoms with Gasteiger partial charge >= 0.3 is 0 Å². The summed E-state index contributed by atoms with van der Waals surface area (Å²) in [6, 6.07) is 6.78. The van der Waals surface area contributed by atoms with E-state index >= 15 is 0 Å². The first kappa shape index (κ1) is 13.0. The van der Waals surface area contributed by atoms with Crippen LogP contribution in [0.4, 0.5) is 0 Å². The molecule has 104 valence electrons. The summed E-state index contributed by atoms with van der Waals surface area (Å²) in [7, 11) is 1.77. The van der Waals surface area contributed by atoms with Gasteiger partial charge in [0.1, 0.15) is 5.75 Å². The van der Waals surface area contributed by atoms with Crippen LogP contribution in [0.15, 0.2) is 18.2 Å². The maximum atomic E-state index is 5.50. The van der Waals surface area contributed by atoms with E-state index in [1.165, 1.54) is 36.8 Å². The van der Waals surface area contributed by atoms with E-state index in [9.17, 15) is 0 Å². The van der Waals surface area contributed by atoms with Crippen LogP contribution in [-0.4, -0.2) is 20.2 Å². The number of methoxy groups -OCH3 is 1. The average Bonchev–Trinajstić information content (AvgIpc) is 3.15. The van der Waals surface area contributed by atoms with Gasteiger partial charge in [-0.3, -0.25) is 0 Å². The van der Waals surface area contributed by atoms with Crippen molar-refractivity contribution in [1.82, 2.24) is 5.32 Å². The Balaban J connectivity index is 1.87. The number of benzene rings is 1. The van der Waals surface area contributed by atoms with Gasteiger partial charge in [-0.15, -0.1) is 0 Å². The van der Waals surface area contributed by atoms with Crippen molar-refractivity contribution in [2.45, 2.75) is 44.9 Å². The van der Waals surface area contributed by atoms with E-state index in [-0.39, 0.29) is 0 Å². The minimum atomic E-state index is 0.355. The molecule has 0 heterocycles. The molecule has 0 aromatic heterocycles. The summed E-state index contributed by atoms with van der Waals surface area (Å²) >= 11 is 0. The van der Waals surface area contributed by atoms with E-state index in [1.54, 1.807) is 7.11 Å². The van der Waals surface area contributed by atoms with E-state index in [2.05, 4.69) is 37.4 Å². The Labute approximate surface area is 116 Å². The molecular formula is C17H25NO. The van der Waals surface area contributed by atoms with Gasteiger partial charge in [0.15, 0.2) is 0 Å². The molecule has 1 aromatic rings. The highest BCUT2D eigenvalue weighted by Gasteiger charge is 2.60. The first-order valence-corrected chi connectivity index (χ1v) is 7.49. The predicted octanol–water partition coefficient (Wildman–Crippen LogP) is 3.42. The highest BCUT2D eigenvalue weighted by Crippen LogP contribution is 2.68. The third-order valence-electron chi connectivity index (χ3n) is 5.12. The molecule has 0 saturated heterocycles. The Hall–Kier alpha value is -1.02. The summed E-state index contributed by atoms with van der Waals surface area (Å²) in [6.45, 7) is 6.47. The summed E-state index contributed by atoms with van der Waals surface area (Å²) in [4.78, 5) is 0. The van der Waals surface area contributed by atoms with Gasteiger partial charge in [0, 0.05) is 12.0 Å². The van der Waals surface area contributed by atoms with Gasteiger partial charge in [0.05, 0.1) is 7.11 Å². The van der Waals surface area contributed by atoms with Crippen LogP contribution in [0.1, 0.15) is 43.7 Å². The van der Waals surface area contributed by atoms with Gasteiger partial charge in [0.25, 0.3) is 0 Å². The Morgan fingerprint density at radius 1 is 1.26 bits per heavy atom. The molecule has 0 radical (unpaired) electrons. The first-order valence-electron chi connectivity index (χ1n) is 7.49. The molecular weight excluding hydrogens is 234 g/mol. The quantitative estimate of drug-likeness (QED) is 0.875. The number of rotatable bonds is 5. The van der Waals surface area contributed by atoms with Crippen molar-refractivity contribution in [3.8, 4) is 5.75 Å². The van der Waals surface area contributed by atoms with Crippen molar-refractivity contribution in [3.05, 3.63) is 29.3 Å². The maximum Gasteiger partial charge on any atom is 0.122 e. The van der Waals surface area contributed by atoms with Crippen LogP contribution in [0.2, 0.25) is 0 Å². The summed E-state index contributed by atoms with van der Waals surface area (Å²) in [5.74, 6) is 1.03. The standard InChI is InChI=1S/C17H25NO/c1-4-18-12-17(10-16(11-17)7-8-16)14-6-5-13(2)15(9-14)19-3/h5-6,9,18H,4,7-8,10-12H2,1-3H3. The van der Waals surface area contributed by atoms with Gasteiger partial charge in [-0.25, -0.2) is 0 Å². The van der Waals surface area contributed by atoms with Crippen LogP contribution in [0.5, 0.6) is 5.75 Å². The summed E-state index contributed by atoms with van der Waals surface area (Å²) in [5, 5.41) is 3.57. The lowest BCUT2D eigenvalue weighted by atomic mass is 9.56. The molecule has 0 bridgehead atoms. The topological polar surface area (TPSA) is 21.3 Å². The largest absolute Gasteiger partial charge is 0.496 e. The fourth-order valence-corrected chi connectivity index (χ4v) is 3.86. The SMILES string of the molecule is CCNCC1(c2ccc(C)c(OC)c2)CC2(CC2)C1. The molecule has 1 N–H and O–H groups in total. The molecule has 2 aliphatic rings. The zero-order chi connectivity index (χ0) is 13.5. The molecule has 0 unspecified atom stereocenters. The average molecular weight is 259 g/mol. The van der Waals surface area contributed by atoms with Gasteiger partial charge in [-0.1, -0.05) is 19.1 Å². The second-order valence-electron chi connectivity index (χ2n) is 6.60. The third-order valence-corrected chi connectivity index (χ3v) is 5.12. The molecule has 0 aliphatic heterocycles. The molecule has 3 rings (SSSR count). The summed E-state index contributed by atoms with van der Waals surface area (Å²) in [6.07, 6.45) is 5.62. The zero-order valence-corrected chi connectivity index (χ0v) is 12.4. The molecule has 19 heavy (non-hydrogen) atoms. The second kappa shape index (κ2) is 4.52. The number of likely N-dealkylation sites (N-methyl/N-ethyl adjacent to an activating group) is 1. The molecule has 2 saturated carbocycles. The van der Waals surface area contributed by atoms with Crippen LogP contribution in [-0.2, 0) is 5.41 Å². The molecule has 2 nitrogen and oxygen atoms in total. The van der Waals surface area contributed by atoms with E-state index in [0.29, 0.717) is 10.8 Å². The first-order chi connectivity index (χ1) is 9.13. The van der Waals surface area contributed by atoms with Crippen molar-refractivity contribution in [3.63, 3.8) is 0 Å². The van der Waals surface area contributed by atoms with Gasteiger partial charge in [-0.05, 0) is 61.8 Å². The number of nitrogens with one attached hydrogen (secondary N) is 1. The Bertz CT molecular complexity index is 468. The summed E-state index contributed by atoms with van der Waals surface area (Å²) < 4.78 is 5.50. The number of aryl methyl sites for hydroxylation is 1. The van der Waals surface area contributed by atoms with Gasteiger partial charge in [-0.2, -0.15) is 0 Å². The monoisotopic (exact) mass is 259 g/mol. The summed E-state index contributed by atoms with van der Waals surface area (Å²) in [5.41, 5.74) is 3.76. The third kappa shape index (κ3) is 2.16. The maximum absolute atomic E-state index is 5.50. The van der Waals surface area contributed by atoms with Gasteiger partial charge < -0.3 is 10.1 Å². The molecule has 2 aliphatic carbocycles. The minimum Gasteiger partial charge on any atom is -0.496 e. The molecule has 2 heteroatoms. The lowest BCUT2D eigenvalue weighted by molar-refractivity contribution is 0.116. The Morgan fingerprint density at radius 3 is 2.58 bits per heavy atom. The van der Waals surface area contributed by atoms with Crippen molar-refractivity contribution < 1.29 is 4.74 Å². The Morgan fingerprint density at radius 2 is 2.00 bits per heavy atom. The predicted molar refractivity (Wildman–Crippen MR) is 78.9 cm³/mol. The van der Waals surface area contributed by atoms with E-state index < -0.39 is 0 Å². The van der Waals surface area contributed by atoms with Crippen LogP contribution >= 0.6 is 0 Å². The van der Waals surface area contributed by atoms with Crippen LogP contribution in [0.3, 0.4) is 0 Å². The lowest BCUT2D eigenvalue weighted by Gasteiger charge is -2.49. The lowest BCUT2D eigenvalue weighted by Crippen LogP contribution is -2.49. The van der Waals surface area contributed by atoms with Crippen molar-refractivity contribution in [2.24, 2.45) is 5.41 Å². The molecule has 0 atom stereocenters. The number of hydrogen-bond donors (Lipinski definition) is 1. The molecule has 0 amide bonds. The van der Waals surface area contributed by atoms with Crippen molar-refractivity contribution in [1.29, 1.82) is 0 Å². The highest BCUT2D eigenvalue weighted by molar-refractivity contribution is 5.42. The van der Waals surface area contributed by atoms with Crippen molar-refractivity contribution in [2.75, 3.05) is 20.2 Å². The number of hydrogen-bond acceptors (Lipinski definition) is 2. The number of ether oxygens (including phenoxy) is 1. The fourth-order valence-electron chi connectivity index (χ4n) is 3.86. The molecule has 2 fully saturated rings. The Kier molecular flexibility index (Phi) is 3.09. The van der Waals surface area contributed by atoms with E-state index in [4.69, 9.17) is 4.74 Å². The normalized spacial score (nSPS) is 22.1. The molecule has 1 spiro atoms. The smallest absolute Gasteiger partial charge is 0.122 e. The zero-order valence-electron chi connectivity index (χ0n) is 12.4. The fraction of sp³-hybridized carbons (Fsp3) is 0.647.